The summed E-state index contributed by atoms with van der Waals surface area (Å²) in [4.78, 5) is 27.6. The van der Waals surface area contributed by atoms with Gasteiger partial charge in [0.1, 0.15) is 11.8 Å². The summed E-state index contributed by atoms with van der Waals surface area (Å²) in [6.45, 7) is 13.7. The standard InChI is InChI=1S/C25H34N2O3/c1-17-12-13-19(3)22(14-17)30-16-23(28)27(15-21-11-9-8-10-18(21)2)20(4)24(29)26-25(5,6)7/h8-14,20H,15-16H2,1-7H3,(H,26,29). The Kier molecular flexibility index (Phi) is 7.65. The lowest BCUT2D eigenvalue weighted by molar-refractivity contribution is -0.142. The molecule has 0 fully saturated rings. The van der Waals surface area contributed by atoms with Crippen LogP contribution in [0.2, 0.25) is 0 Å². The number of aryl methyl sites for hydroxylation is 3. The van der Waals surface area contributed by atoms with Crippen molar-refractivity contribution in [1.82, 2.24) is 10.2 Å². The number of hydrogen-bond acceptors (Lipinski definition) is 3. The first-order valence-electron chi connectivity index (χ1n) is 10.3. The molecule has 1 unspecified atom stereocenters. The van der Waals surface area contributed by atoms with E-state index in [-0.39, 0.29) is 24.0 Å². The van der Waals surface area contributed by atoms with Crippen LogP contribution in [-0.2, 0) is 16.1 Å². The van der Waals surface area contributed by atoms with E-state index in [9.17, 15) is 9.59 Å². The van der Waals surface area contributed by atoms with Crippen molar-refractivity contribution in [1.29, 1.82) is 0 Å². The van der Waals surface area contributed by atoms with Crippen LogP contribution in [-0.4, -0.2) is 34.9 Å². The summed E-state index contributed by atoms with van der Waals surface area (Å²) < 4.78 is 5.84. The zero-order valence-corrected chi connectivity index (χ0v) is 19.2. The van der Waals surface area contributed by atoms with Crippen LogP contribution < -0.4 is 10.1 Å². The van der Waals surface area contributed by atoms with Gasteiger partial charge in [0.15, 0.2) is 6.61 Å². The van der Waals surface area contributed by atoms with Gasteiger partial charge < -0.3 is 15.0 Å². The molecule has 5 heteroatoms. The predicted octanol–water partition coefficient (Wildman–Crippen LogP) is 4.32. The van der Waals surface area contributed by atoms with Gasteiger partial charge in [-0.2, -0.15) is 0 Å². The molecule has 2 amide bonds. The van der Waals surface area contributed by atoms with Gasteiger partial charge in [0.05, 0.1) is 0 Å². The normalized spacial score (nSPS) is 12.2. The number of amides is 2. The van der Waals surface area contributed by atoms with Crippen LogP contribution >= 0.6 is 0 Å². The second-order valence-corrected chi connectivity index (χ2v) is 8.92. The molecule has 162 valence electrons. The van der Waals surface area contributed by atoms with Gasteiger partial charge in [-0.3, -0.25) is 9.59 Å². The first-order chi connectivity index (χ1) is 14.0. The quantitative estimate of drug-likeness (QED) is 0.739. The maximum absolute atomic E-state index is 13.2. The number of carbonyl (C=O) groups is 2. The molecule has 2 aromatic rings. The number of nitrogens with zero attached hydrogens (tertiary/aromatic N) is 1. The Morgan fingerprint density at radius 2 is 1.70 bits per heavy atom. The van der Waals surface area contributed by atoms with Crippen molar-refractivity contribution in [3.8, 4) is 5.75 Å². The molecule has 2 aromatic carbocycles. The Hall–Kier alpha value is -2.82. The molecule has 2 rings (SSSR count). The molecule has 1 N–H and O–H groups in total. The first kappa shape index (κ1) is 23.5. The number of ether oxygens (including phenoxy) is 1. The smallest absolute Gasteiger partial charge is 0.261 e. The largest absolute Gasteiger partial charge is 0.483 e. The van der Waals surface area contributed by atoms with Gasteiger partial charge in [0.25, 0.3) is 5.91 Å². The van der Waals surface area contributed by atoms with E-state index in [1.807, 2.05) is 84.0 Å². The average molecular weight is 411 g/mol. The van der Waals surface area contributed by atoms with Gasteiger partial charge in [-0.05, 0) is 76.8 Å². The number of hydrogen-bond donors (Lipinski definition) is 1. The van der Waals surface area contributed by atoms with Crippen molar-refractivity contribution in [2.75, 3.05) is 6.61 Å². The number of carbonyl (C=O) groups excluding carboxylic acids is 2. The molecule has 30 heavy (non-hydrogen) atoms. The summed E-state index contributed by atoms with van der Waals surface area (Å²) in [6.07, 6.45) is 0. The second kappa shape index (κ2) is 9.79. The topological polar surface area (TPSA) is 58.6 Å². The van der Waals surface area contributed by atoms with E-state index in [1.54, 1.807) is 11.8 Å². The van der Waals surface area contributed by atoms with Crippen molar-refractivity contribution in [3.05, 3.63) is 64.7 Å². The summed E-state index contributed by atoms with van der Waals surface area (Å²) in [7, 11) is 0. The highest BCUT2D eigenvalue weighted by molar-refractivity contribution is 5.88. The second-order valence-electron chi connectivity index (χ2n) is 8.92. The van der Waals surface area contributed by atoms with Crippen molar-refractivity contribution < 1.29 is 14.3 Å². The molecule has 0 aromatic heterocycles. The Labute approximate surface area is 180 Å². The predicted molar refractivity (Wildman–Crippen MR) is 120 cm³/mol. The lowest BCUT2D eigenvalue weighted by Gasteiger charge is -2.31. The van der Waals surface area contributed by atoms with Gasteiger partial charge in [-0.25, -0.2) is 0 Å². The maximum Gasteiger partial charge on any atom is 0.261 e. The van der Waals surface area contributed by atoms with Gasteiger partial charge in [0.2, 0.25) is 5.91 Å². The fourth-order valence-corrected chi connectivity index (χ4v) is 3.11. The van der Waals surface area contributed by atoms with Crippen molar-refractivity contribution in [3.63, 3.8) is 0 Å². The molecule has 1 atom stereocenters. The Morgan fingerprint density at radius 3 is 2.33 bits per heavy atom. The zero-order chi connectivity index (χ0) is 22.5. The van der Waals surface area contributed by atoms with E-state index in [0.717, 1.165) is 22.3 Å². The zero-order valence-electron chi connectivity index (χ0n) is 19.2. The highest BCUT2D eigenvalue weighted by Crippen LogP contribution is 2.20. The summed E-state index contributed by atoms with van der Waals surface area (Å²) in [5.41, 5.74) is 3.75. The molecule has 0 saturated heterocycles. The van der Waals surface area contributed by atoms with Gasteiger partial charge in [0, 0.05) is 12.1 Å². The van der Waals surface area contributed by atoms with Gasteiger partial charge in [-0.1, -0.05) is 36.4 Å². The lowest BCUT2D eigenvalue weighted by atomic mass is 10.1. The monoisotopic (exact) mass is 410 g/mol. The number of nitrogens with one attached hydrogen (secondary N) is 1. The van der Waals surface area contributed by atoms with Crippen LogP contribution in [0.1, 0.15) is 49.9 Å². The van der Waals surface area contributed by atoms with Crippen LogP contribution in [0.4, 0.5) is 0 Å². The van der Waals surface area contributed by atoms with E-state index in [1.165, 1.54) is 0 Å². The molecule has 0 heterocycles. The fourth-order valence-electron chi connectivity index (χ4n) is 3.11. The van der Waals surface area contributed by atoms with Crippen LogP contribution in [0.15, 0.2) is 42.5 Å². The summed E-state index contributed by atoms with van der Waals surface area (Å²) in [5.74, 6) is 0.276. The Morgan fingerprint density at radius 1 is 1.03 bits per heavy atom. The highest BCUT2D eigenvalue weighted by Gasteiger charge is 2.29. The molecule has 0 aliphatic rings. The van der Waals surface area contributed by atoms with Crippen LogP contribution in [0, 0.1) is 20.8 Å². The third-order valence-corrected chi connectivity index (χ3v) is 4.96. The minimum atomic E-state index is -0.626. The van der Waals surface area contributed by atoms with Crippen molar-refractivity contribution >= 4 is 11.8 Å². The molecular weight excluding hydrogens is 376 g/mol. The van der Waals surface area contributed by atoms with Gasteiger partial charge in [-0.15, -0.1) is 0 Å². The van der Waals surface area contributed by atoms with E-state index in [2.05, 4.69) is 5.32 Å². The average Bonchev–Trinajstić information content (AvgIpc) is 2.66. The minimum absolute atomic E-state index is 0.122. The SMILES string of the molecule is Cc1ccc(C)c(OCC(=O)N(Cc2ccccc2C)C(C)C(=O)NC(C)(C)C)c1. The van der Waals surface area contributed by atoms with Crippen molar-refractivity contribution in [2.45, 2.75) is 66.6 Å². The highest BCUT2D eigenvalue weighted by atomic mass is 16.5. The van der Waals surface area contributed by atoms with Gasteiger partial charge >= 0.3 is 0 Å². The van der Waals surface area contributed by atoms with E-state index < -0.39 is 6.04 Å². The lowest BCUT2D eigenvalue weighted by Crippen LogP contribution is -2.53. The number of benzene rings is 2. The van der Waals surface area contributed by atoms with Crippen molar-refractivity contribution in [2.24, 2.45) is 0 Å². The summed E-state index contributed by atoms with van der Waals surface area (Å²) in [5, 5.41) is 2.97. The number of rotatable bonds is 7. The minimum Gasteiger partial charge on any atom is -0.483 e. The first-order valence-corrected chi connectivity index (χ1v) is 10.3. The molecule has 0 radical (unpaired) electrons. The summed E-state index contributed by atoms with van der Waals surface area (Å²) in [6, 6.07) is 13.2. The van der Waals surface area contributed by atoms with E-state index >= 15 is 0 Å². The molecule has 0 aliphatic carbocycles. The van der Waals surface area contributed by atoms with E-state index in [0.29, 0.717) is 12.3 Å². The molecule has 5 nitrogen and oxygen atoms in total. The van der Waals surface area contributed by atoms with Crippen LogP contribution in [0.3, 0.4) is 0 Å². The molecule has 0 bridgehead atoms. The third kappa shape index (κ3) is 6.61. The molecule has 0 saturated carbocycles. The molecule has 0 spiro atoms. The Balaban J connectivity index is 2.22. The maximum atomic E-state index is 13.2. The fraction of sp³-hybridized carbons (Fsp3) is 0.440. The van der Waals surface area contributed by atoms with Crippen LogP contribution in [0.5, 0.6) is 5.75 Å². The molecule has 0 aliphatic heterocycles. The Bertz CT molecular complexity index is 900. The van der Waals surface area contributed by atoms with Crippen LogP contribution in [0.25, 0.3) is 0 Å². The van der Waals surface area contributed by atoms with E-state index in [4.69, 9.17) is 4.74 Å². The third-order valence-electron chi connectivity index (χ3n) is 4.96. The summed E-state index contributed by atoms with van der Waals surface area (Å²) >= 11 is 0. The molecular formula is C25H34N2O3.